The highest BCUT2D eigenvalue weighted by molar-refractivity contribution is 7.17. The summed E-state index contributed by atoms with van der Waals surface area (Å²) in [7, 11) is 1.64. The topological polar surface area (TPSA) is 75.4 Å². The minimum atomic E-state index is -0.185. The third kappa shape index (κ3) is 4.63. The number of thiazole rings is 1. The van der Waals surface area contributed by atoms with Crippen LogP contribution >= 0.6 is 22.9 Å². The van der Waals surface area contributed by atoms with Gasteiger partial charge in [0, 0.05) is 36.9 Å². The van der Waals surface area contributed by atoms with Gasteiger partial charge in [-0.2, -0.15) is 4.52 Å². The van der Waals surface area contributed by atoms with E-state index in [4.69, 9.17) is 21.1 Å². The molecule has 0 radical (unpaired) electrons. The molecule has 0 bridgehead atoms. The van der Waals surface area contributed by atoms with Gasteiger partial charge in [-0.15, -0.1) is 5.10 Å². The van der Waals surface area contributed by atoms with E-state index in [0.29, 0.717) is 28.9 Å². The van der Waals surface area contributed by atoms with Gasteiger partial charge in [-0.1, -0.05) is 35.1 Å². The fourth-order valence-electron chi connectivity index (χ4n) is 4.59. The maximum atomic E-state index is 11.2. The molecule has 184 valence electrons. The second kappa shape index (κ2) is 9.93. The average molecular weight is 514 g/mol. The molecule has 2 aromatic carbocycles. The number of anilines is 1. The first-order valence-electron chi connectivity index (χ1n) is 11.6. The summed E-state index contributed by atoms with van der Waals surface area (Å²) in [6.45, 7) is 7.61. The molecule has 10 heteroatoms. The van der Waals surface area contributed by atoms with Crippen molar-refractivity contribution in [2.24, 2.45) is 0 Å². The second-order valence-electron chi connectivity index (χ2n) is 8.39. The van der Waals surface area contributed by atoms with Crippen LogP contribution in [-0.2, 0) is 0 Å². The fraction of sp³-hybridized carbons (Fsp3) is 0.360. The van der Waals surface area contributed by atoms with Crippen LogP contribution in [0.1, 0.15) is 29.2 Å². The van der Waals surface area contributed by atoms with E-state index in [9.17, 15) is 5.11 Å². The molecule has 1 saturated heterocycles. The lowest BCUT2D eigenvalue weighted by atomic mass is 10.0. The molecule has 0 amide bonds. The summed E-state index contributed by atoms with van der Waals surface area (Å²) in [5.41, 5.74) is 2.13. The molecule has 8 nitrogen and oxygen atoms in total. The average Bonchev–Trinajstić information content (AvgIpc) is 3.37. The van der Waals surface area contributed by atoms with Crippen molar-refractivity contribution in [1.82, 2.24) is 19.5 Å². The minimum absolute atomic E-state index is 0.126. The number of aromatic hydroxyl groups is 1. The normalized spacial score (nSPS) is 15.5. The monoisotopic (exact) mass is 513 g/mol. The van der Waals surface area contributed by atoms with Crippen LogP contribution < -0.4 is 14.4 Å². The van der Waals surface area contributed by atoms with Crippen molar-refractivity contribution in [3.8, 4) is 17.4 Å². The van der Waals surface area contributed by atoms with Gasteiger partial charge in [0.15, 0.2) is 11.5 Å². The Morgan fingerprint density at radius 1 is 1.11 bits per heavy atom. The molecular formula is C25H28ClN5O3S. The van der Waals surface area contributed by atoms with Gasteiger partial charge < -0.3 is 19.5 Å². The SMILES string of the molecule is CCOc1ccc([C@H](c2sc3nc(C)nn3c2O)N2CCN(c3cccc(Cl)c3)CC2)cc1OC. The van der Waals surface area contributed by atoms with Gasteiger partial charge in [0.1, 0.15) is 5.82 Å². The van der Waals surface area contributed by atoms with Crippen LogP contribution in [0.25, 0.3) is 4.96 Å². The summed E-state index contributed by atoms with van der Waals surface area (Å²) >= 11 is 7.69. The summed E-state index contributed by atoms with van der Waals surface area (Å²) in [4.78, 5) is 10.7. The van der Waals surface area contributed by atoms with E-state index in [2.05, 4.69) is 25.9 Å². The number of aromatic nitrogens is 3. The highest BCUT2D eigenvalue weighted by atomic mass is 35.5. The number of aryl methyl sites for hydroxylation is 1. The van der Waals surface area contributed by atoms with Crippen LogP contribution in [0.3, 0.4) is 0 Å². The van der Waals surface area contributed by atoms with E-state index in [-0.39, 0.29) is 11.9 Å². The van der Waals surface area contributed by atoms with Gasteiger partial charge in [-0.3, -0.25) is 4.90 Å². The first-order valence-corrected chi connectivity index (χ1v) is 12.8. The summed E-state index contributed by atoms with van der Waals surface area (Å²) in [5, 5.41) is 16.3. The van der Waals surface area contributed by atoms with E-state index in [0.717, 1.165) is 47.3 Å². The molecule has 5 rings (SSSR count). The number of rotatable bonds is 7. The summed E-state index contributed by atoms with van der Waals surface area (Å²) in [6, 6.07) is 13.8. The van der Waals surface area contributed by atoms with Crippen LogP contribution in [0.2, 0.25) is 5.02 Å². The van der Waals surface area contributed by atoms with Gasteiger partial charge in [-0.05, 0) is 49.7 Å². The van der Waals surface area contributed by atoms with Gasteiger partial charge in [-0.25, -0.2) is 4.98 Å². The zero-order valence-corrected chi connectivity index (χ0v) is 21.5. The number of hydrogen-bond donors (Lipinski definition) is 1. The number of methoxy groups -OCH3 is 1. The van der Waals surface area contributed by atoms with Crippen molar-refractivity contribution >= 4 is 33.6 Å². The maximum absolute atomic E-state index is 11.2. The Morgan fingerprint density at radius 2 is 1.91 bits per heavy atom. The van der Waals surface area contributed by atoms with Crippen molar-refractivity contribution in [2.45, 2.75) is 19.9 Å². The predicted molar refractivity (Wildman–Crippen MR) is 139 cm³/mol. The molecule has 0 unspecified atom stereocenters. The summed E-state index contributed by atoms with van der Waals surface area (Å²) < 4.78 is 12.9. The molecule has 35 heavy (non-hydrogen) atoms. The molecule has 0 spiro atoms. The summed E-state index contributed by atoms with van der Waals surface area (Å²) in [6.07, 6.45) is 0. The predicted octanol–water partition coefficient (Wildman–Crippen LogP) is 4.78. The van der Waals surface area contributed by atoms with Gasteiger partial charge in [0.05, 0.1) is 24.6 Å². The van der Waals surface area contributed by atoms with Crippen molar-refractivity contribution in [3.05, 3.63) is 63.8 Å². The number of hydrogen-bond acceptors (Lipinski definition) is 8. The first kappa shape index (κ1) is 23.7. The lowest BCUT2D eigenvalue weighted by Crippen LogP contribution is -2.47. The number of benzene rings is 2. The molecule has 1 aliphatic heterocycles. The Morgan fingerprint density at radius 3 is 2.60 bits per heavy atom. The highest BCUT2D eigenvalue weighted by Crippen LogP contribution is 2.42. The molecule has 0 aliphatic carbocycles. The highest BCUT2D eigenvalue weighted by Gasteiger charge is 2.32. The Bertz CT molecular complexity index is 1330. The standard InChI is InChI=1S/C25H28ClN5O3S/c1-4-34-20-9-8-17(14-21(20)33-3)22(23-24(32)31-25(35-23)27-16(2)28-31)30-12-10-29(11-13-30)19-7-5-6-18(26)15-19/h5-9,14-15,22,32H,4,10-13H2,1-3H3/t22-/m1/s1. The van der Waals surface area contributed by atoms with Crippen LogP contribution in [0, 0.1) is 6.92 Å². The second-order valence-corrected chi connectivity index (χ2v) is 9.84. The lowest BCUT2D eigenvalue weighted by Gasteiger charge is -2.40. The van der Waals surface area contributed by atoms with Crippen LogP contribution in [0.5, 0.6) is 17.4 Å². The van der Waals surface area contributed by atoms with Crippen molar-refractivity contribution < 1.29 is 14.6 Å². The molecule has 4 aromatic rings. The smallest absolute Gasteiger partial charge is 0.230 e. The van der Waals surface area contributed by atoms with Crippen molar-refractivity contribution in [2.75, 3.05) is 44.8 Å². The number of ether oxygens (including phenoxy) is 2. The Kier molecular flexibility index (Phi) is 6.73. The largest absolute Gasteiger partial charge is 0.493 e. The molecule has 2 aromatic heterocycles. The van der Waals surface area contributed by atoms with Gasteiger partial charge in [0.25, 0.3) is 0 Å². The molecule has 0 saturated carbocycles. The van der Waals surface area contributed by atoms with E-state index in [1.807, 2.05) is 50.2 Å². The van der Waals surface area contributed by atoms with Crippen LogP contribution in [0.15, 0.2) is 42.5 Å². The van der Waals surface area contributed by atoms with Crippen LogP contribution in [-0.4, -0.2) is 64.5 Å². The molecule has 1 aliphatic rings. The Hall–Kier alpha value is -3.01. The molecule has 3 heterocycles. The molecule has 1 fully saturated rings. The Balaban J connectivity index is 1.50. The van der Waals surface area contributed by atoms with Gasteiger partial charge in [0.2, 0.25) is 10.8 Å². The molecular weight excluding hydrogens is 486 g/mol. The summed E-state index contributed by atoms with van der Waals surface area (Å²) in [5.74, 6) is 2.13. The third-order valence-corrected chi connectivity index (χ3v) is 7.52. The quantitative estimate of drug-likeness (QED) is 0.381. The van der Waals surface area contributed by atoms with E-state index < -0.39 is 0 Å². The first-order chi connectivity index (χ1) is 17.0. The van der Waals surface area contributed by atoms with E-state index in [1.165, 1.54) is 15.9 Å². The van der Waals surface area contributed by atoms with E-state index in [1.54, 1.807) is 7.11 Å². The lowest BCUT2D eigenvalue weighted by molar-refractivity contribution is 0.210. The van der Waals surface area contributed by atoms with Gasteiger partial charge >= 0.3 is 0 Å². The fourth-order valence-corrected chi connectivity index (χ4v) is 5.94. The van der Waals surface area contributed by atoms with E-state index >= 15 is 0 Å². The Labute approximate surface area is 213 Å². The van der Waals surface area contributed by atoms with Crippen molar-refractivity contribution in [3.63, 3.8) is 0 Å². The number of piperazine rings is 1. The molecule has 1 atom stereocenters. The minimum Gasteiger partial charge on any atom is -0.493 e. The maximum Gasteiger partial charge on any atom is 0.230 e. The zero-order chi connectivity index (χ0) is 24.5. The number of halogens is 1. The number of nitrogens with zero attached hydrogens (tertiary/aromatic N) is 5. The van der Waals surface area contributed by atoms with Crippen molar-refractivity contribution in [1.29, 1.82) is 0 Å². The molecule has 1 N–H and O–H groups in total. The zero-order valence-electron chi connectivity index (χ0n) is 19.9. The number of fused-ring (bicyclic) bond motifs is 1. The third-order valence-electron chi connectivity index (χ3n) is 6.21. The van der Waals surface area contributed by atoms with Crippen LogP contribution in [0.4, 0.5) is 5.69 Å².